The molecule has 1 nitrogen and oxygen atoms in total. The molecule has 0 aromatic heterocycles. The maximum atomic E-state index is 12.1. The van der Waals surface area contributed by atoms with E-state index in [4.69, 9.17) is 5.73 Å². The van der Waals surface area contributed by atoms with Gasteiger partial charge in [0.15, 0.2) is 0 Å². The number of anilines is 1. The highest BCUT2D eigenvalue weighted by molar-refractivity contribution is 7.80. The zero-order valence-electron chi connectivity index (χ0n) is 5.89. The van der Waals surface area contributed by atoms with Crippen LogP contribution in [0.3, 0.4) is 0 Å². The number of alkyl halides is 3. The molecule has 0 fully saturated rings. The van der Waals surface area contributed by atoms with Gasteiger partial charge in [0, 0.05) is 10.6 Å². The second-order valence-electron chi connectivity index (χ2n) is 2.31. The van der Waals surface area contributed by atoms with Crippen LogP contribution in [0.2, 0.25) is 0 Å². The van der Waals surface area contributed by atoms with E-state index in [2.05, 4.69) is 12.6 Å². The van der Waals surface area contributed by atoms with E-state index in [1.807, 2.05) is 0 Å². The molecule has 1 aromatic rings. The Labute approximate surface area is 72.8 Å². The van der Waals surface area contributed by atoms with Crippen molar-refractivity contribution in [3.63, 3.8) is 0 Å². The van der Waals surface area contributed by atoms with Gasteiger partial charge < -0.3 is 5.73 Å². The van der Waals surface area contributed by atoms with Gasteiger partial charge in [-0.15, -0.1) is 12.6 Å². The topological polar surface area (TPSA) is 26.0 Å². The average Bonchev–Trinajstić information content (AvgIpc) is 1.82. The van der Waals surface area contributed by atoms with Crippen molar-refractivity contribution in [2.75, 3.05) is 5.73 Å². The number of benzene rings is 1. The zero-order chi connectivity index (χ0) is 9.35. The third-order valence-electron chi connectivity index (χ3n) is 1.27. The molecule has 0 bridgehead atoms. The summed E-state index contributed by atoms with van der Waals surface area (Å²) in [4.78, 5) is 0.210. The summed E-state index contributed by atoms with van der Waals surface area (Å²) >= 11 is 3.78. The Morgan fingerprint density at radius 3 is 2.17 bits per heavy atom. The predicted octanol–water partition coefficient (Wildman–Crippen LogP) is 2.58. The summed E-state index contributed by atoms with van der Waals surface area (Å²) in [7, 11) is 0. The van der Waals surface area contributed by atoms with E-state index in [0.717, 1.165) is 12.1 Å². The number of hydrogen-bond donors (Lipinski definition) is 2. The van der Waals surface area contributed by atoms with Crippen LogP contribution in [0.5, 0.6) is 0 Å². The summed E-state index contributed by atoms with van der Waals surface area (Å²) in [6.07, 6.45) is -4.35. The van der Waals surface area contributed by atoms with Crippen molar-refractivity contribution in [2.45, 2.75) is 11.1 Å². The van der Waals surface area contributed by atoms with E-state index in [1.54, 1.807) is 0 Å². The van der Waals surface area contributed by atoms with Crippen LogP contribution in [0.1, 0.15) is 5.56 Å². The van der Waals surface area contributed by atoms with Crippen LogP contribution in [0, 0.1) is 0 Å². The van der Waals surface area contributed by atoms with E-state index >= 15 is 0 Å². The van der Waals surface area contributed by atoms with Crippen molar-refractivity contribution in [3.8, 4) is 0 Å². The first-order valence-electron chi connectivity index (χ1n) is 3.06. The Hall–Kier alpha value is -0.840. The van der Waals surface area contributed by atoms with Crippen molar-refractivity contribution in [3.05, 3.63) is 23.8 Å². The second kappa shape index (κ2) is 2.90. The molecular weight excluding hydrogens is 187 g/mol. The number of thiol groups is 1. The summed E-state index contributed by atoms with van der Waals surface area (Å²) in [5.74, 6) is 0. The van der Waals surface area contributed by atoms with E-state index in [0.29, 0.717) is 0 Å². The summed E-state index contributed by atoms with van der Waals surface area (Å²) in [5.41, 5.74) is 4.50. The molecule has 5 heteroatoms. The average molecular weight is 193 g/mol. The van der Waals surface area contributed by atoms with Gasteiger partial charge in [0.25, 0.3) is 0 Å². The smallest absolute Gasteiger partial charge is 0.399 e. The molecule has 0 amide bonds. The highest BCUT2D eigenvalue weighted by atomic mass is 32.1. The molecule has 1 rings (SSSR count). The van der Waals surface area contributed by atoms with Crippen LogP contribution in [0.15, 0.2) is 23.1 Å². The Bertz CT molecular complexity index is 275. The van der Waals surface area contributed by atoms with E-state index in [1.165, 1.54) is 6.07 Å². The monoisotopic (exact) mass is 193 g/mol. The first kappa shape index (κ1) is 9.25. The van der Waals surface area contributed by atoms with Gasteiger partial charge in [-0.3, -0.25) is 0 Å². The number of hydrogen-bond acceptors (Lipinski definition) is 2. The molecule has 0 saturated carbocycles. The summed E-state index contributed by atoms with van der Waals surface area (Å²) in [6.45, 7) is 0. The number of rotatable bonds is 0. The van der Waals surface area contributed by atoms with Crippen LogP contribution in [-0.4, -0.2) is 0 Å². The Kier molecular flexibility index (Phi) is 2.23. The highest BCUT2D eigenvalue weighted by Crippen LogP contribution is 2.31. The maximum absolute atomic E-state index is 12.1. The summed E-state index contributed by atoms with van der Waals surface area (Å²) in [5, 5.41) is 0. The van der Waals surface area contributed by atoms with Crippen LogP contribution in [0.4, 0.5) is 18.9 Å². The van der Waals surface area contributed by atoms with Gasteiger partial charge in [0.2, 0.25) is 0 Å². The van der Waals surface area contributed by atoms with Crippen LogP contribution in [0.25, 0.3) is 0 Å². The SMILES string of the molecule is Nc1cc(S)cc(C(F)(F)F)c1. The van der Waals surface area contributed by atoms with Crippen LogP contribution in [-0.2, 0) is 6.18 Å². The third kappa shape index (κ3) is 2.07. The molecule has 12 heavy (non-hydrogen) atoms. The van der Waals surface area contributed by atoms with Gasteiger partial charge in [-0.05, 0) is 18.2 Å². The summed E-state index contributed by atoms with van der Waals surface area (Å²) in [6, 6.07) is 3.16. The van der Waals surface area contributed by atoms with Crippen molar-refractivity contribution in [2.24, 2.45) is 0 Å². The fourth-order valence-electron chi connectivity index (χ4n) is 0.798. The summed E-state index contributed by atoms with van der Waals surface area (Å²) < 4.78 is 36.2. The van der Waals surface area contributed by atoms with Crippen LogP contribution < -0.4 is 5.73 Å². The Morgan fingerprint density at radius 2 is 1.75 bits per heavy atom. The Morgan fingerprint density at radius 1 is 1.17 bits per heavy atom. The fourth-order valence-corrected chi connectivity index (χ4v) is 1.09. The molecule has 0 saturated heterocycles. The number of nitrogens with two attached hydrogens (primary N) is 1. The lowest BCUT2D eigenvalue weighted by Crippen LogP contribution is -2.05. The molecule has 0 heterocycles. The molecule has 0 spiro atoms. The maximum Gasteiger partial charge on any atom is 0.416 e. The lowest BCUT2D eigenvalue weighted by Gasteiger charge is -2.07. The molecule has 0 atom stereocenters. The van der Waals surface area contributed by atoms with Gasteiger partial charge in [-0.2, -0.15) is 13.2 Å². The minimum Gasteiger partial charge on any atom is -0.399 e. The lowest BCUT2D eigenvalue weighted by molar-refractivity contribution is -0.137. The van der Waals surface area contributed by atoms with Gasteiger partial charge in [0.05, 0.1) is 5.56 Å². The minimum atomic E-state index is -4.35. The zero-order valence-corrected chi connectivity index (χ0v) is 6.78. The minimum absolute atomic E-state index is 0.0647. The lowest BCUT2D eigenvalue weighted by atomic mass is 10.2. The normalized spacial score (nSPS) is 11.7. The first-order valence-corrected chi connectivity index (χ1v) is 3.51. The van der Waals surface area contributed by atoms with Crippen LogP contribution >= 0.6 is 12.6 Å². The fraction of sp³-hybridized carbons (Fsp3) is 0.143. The van der Waals surface area contributed by atoms with Gasteiger partial charge in [-0.1, -0.05) is 0 Å². The van der Waals surface area contributed by atoms with Crippen molar-refractivity contribution < 1.29 is 13.2 Å². The molecule has 0 aliphatic heterocycles. The highest BCUT2D eigenvalue weighted by Gasteiger charge is 2.30. The quantitative estimate of drug-likeness (QED) is 0.480. The molecule has 1 aromatic carbocycles. The Balaban J connectivity index is 3.18. The van der Waals surface area contributed by atoms with Crippen molar-refractivity contribution >= 4 is 18.3 Å². The third-order valence-corrected chi connectivity index (χ3v) is 1.53. The molecular formula is C7H6F3NS. The van der Waals surface area contributed by atoms with E-state index in [-0.39, 0.29) is 10.6 Å². The molecule has 0 aliphatic rings. The molecule has 2 N–H and O–H groups in total. The second-order valence-corrected chi connectivity index (χ2v) is 2.83. The molecule has 0 unspecified atom stereocenters. The van der Waals surface area contributed by atoms with E-state index in [9.17, 15) is 13.2 Å². The van der Waals surface area contributed by atoms with Gasteiger partial charge in [-0.25, -0.2) is 0 Å². The van der Waals surface area contributed by atoms with Crippen molar-refractivity contribution in [1.29, 1.82) is 0 Å². The van der Waals surface area contributed by atoms with Crippen molar-refractivity contribution in [1.82, 2.24) is 0 Å². The standard InChI is InChI=1S/C7H6F3NS/c8-7(9,10)4-1-5(11)3-6(12)2-4/h1-3,12H,11H2. The van der Waals surface area contributed by atoms with Gasteiger partial charge >= 0.3 is 6.18 Å². The van der Waals surface area contributed by atoms with E-state index < -0.39 is 11.7 Å². The van der Waals surface area contributed by atoms with Gasteiger partial charge in [0.1, 0.15) is 0 Å². The largest absolute Gasteiger partial charge is 0.416 e. The molecule has 0 aliphatic carbocycles. The predicted molar refractivity (Wildman–Crippen MR) is 43.1 cm³/mol. The number of halogens is 3. The first-order chi connectivity index (χ1) is 5.39. The molecule has 66 valence electrons. The number of nitrogen functional groups attached to an aromatic ring is 1. The molecule has 0 radical (unpaired) electrons.